The third-order valence-corrected chi connectivity index (χ3v) is 5.77. The molecule has 2 heterocycles. The maximum Gasteiger partial charge on any atom is 0.265 e. The SMILES string of the molecule is CS(=O)(=O)N1CC(C(=O)N2CCC(C(N)=O)CC2)Oc2ccccc21. The molecule has 0 aliphatic carbocycles. The molecule has 2 N–H and O–H groups in total. The summed E-state index contributed by atoms with van der Waals surface area (Å²) in [5, 5.41) is 0. The van der Waals surface area contributed by atoms with Crippen LogP contribution >= 0.6 is 0 Å². The third-order valence-electron chi connectivity index (χ3n) is 4.62. The Kier molecular flexibility index (Phi) is 4.59. The molecule has 0 spiro atoms. The van der Waals surface area contributed by atoms with E-state index in [9.17, 15) is 18.0 Å². The third kappa shape index (κ3) is 3.55. The van der Waals surface area contributed by atoms with Crippen LogP contribution in [-0.2, 0) is 19.6 Å². The van der Waals surface area contributed by atoms with Crippen molar-refractivity contribution in [2.45, 2.75) is 18.9 Å². The highest BCUT2D eigenvalue weighted by Crippen LogP contribution is 2.35. The van der Waals surface area contributed by atoms with Crippen LogP contribution in [0.3, 0.4) is 0 Å². The smallest absolute Gasteiger partial charge is 0.265 e. The van der Waals surface area contributed by atoms with Crippen LogP contribution in [0.1, 0.15) is 12.8 Å². The number of hydrogen-bond donors (Lipinski definition) is 1. The maximum absolute atomic E-state index is 12.8. The average molecular weight is 367 g/mol. The topological polar surface area (TPSA) is 110 Å². The lowest BCUT2D eigenvalue weighted by Gasteiger charge is -2.38. The summed E-state index contributed by atoms with van der Waals surface area (Å²) in [6, 6.07) is 6.74. The second-order valence-corrected chi connectivity index (χ2v) is 8.28. The molecule has 1 unspecified atom stereocenters. The van der Waals surface area contributed by atoms with E-state index in [4.69, 9.17) is 10.5 Å². The normalized spacial score (nSPS) is 21.4. The number of fused-ring (bicyclic) bond motifs is 1. The van der Waals surface area contributed by atoms with Gasteiger partial charge in [0.05, 0.1) is 18.5 Å². The fraction of sp³-hybridized carbons (Fsp3) is 0.500. The number of primary amides is 1. The van der Waals surface area contributed by atoms with Crippen molar-refractivity contribution < 1.29 is 22.7 Å². The van der Waals surface area contributed by atoms with Crippen LogP contribution in [0, 0.1) is 5.92 Å². The Balaban J connectivity index is 1.78. The molecular weight excluding hydrogens is 346 g/mol. The van der Waals surface area contributed by atoms with Gasteiger partial charge in [0, 0.05) is 19.0 Å². The molecular formula is C16H21N3O5S. The number of para-hydroxylation sites is 2. The number of ether oxygens (including phenoxy) is 1. The van der Waals surface area contributed by atoms with E-state index in [-0.39, 0.29) is 24.3 Å². The summed E-state index contributed by atoms with van der Waals surface area (Å²) < 4.78 is 31.2. The lowest BCUT2D eigenvalue weighted by atomic mass is 9.96. The summed E-state index contributed by atoms with van der Waals surface area (Å²) >= 11 is 0. The molecule has 1 fully saturated rings. The number of carbonyl (C=O) groups excluding carboxylic acids is 2. The van der Waals surface area contributed by atoms with E-state index >= 15 is 0 Å². The first-order chi connectivity index (χ1) is 11.8. The van der Waals surface area contributed by atoms with Gasteiger partial charge in [0.1, 0.15) is 5.75 Å². The number of sulfonamides is 1. The molecule has 1 aromatic carbocycles. The Morgan fingerprint density at radius 2 is 1.84 bits per heavy atom. The minimum absolute atomic E-state index is 0.0651. The van der Waals surface area contributed by atoms with E-state index in [0.717, 1.165) is 6.26 Å². The molecule has 0 radical (unpaired) electrons. The second-order valence-electron chi connectivity index (χ2n) is 6.37. The number of piperidine rings is 1. The van der Waals surface area contributed by atoms with Gasteiger partial charge < -0.3 is 15.4 Å². The first-order valence-electron chi connectivity index (χ1n) is 8.09. The average Bonchev–Trinajstić information content (AvgIpc) is 2.59. The van der Waals surface area contributed by atoms with E-state index in [2.05, 4.69) is 0 Å². The van der Waals surface area contributed by atoms with Crippen molar-refractivity contribution in [3.05, 3.63) is 24.3 Å². The molecule has 136 valence electrons. The lowest BCUT2D eigenvalue weighted by Crippen LogP contribution is -2.53. The first kappa shape index (κ1) is 17.5. The molecule has 8 nitrogen and oxygen atoms in total. The minimum Gasteiger partial charge on any atom is -0.476 e. The van der Waals surface area contributed by atoms with E-state index in [1.807, 2.05) is 0 Å². The predicted octanol–water partition coefficient (Wildman–Crippen LogP) is -0.0625. The molecule has 0 saturated carbocycles. The van der Waals surface area contributed by atoms with Crippen molar-refractivity contribution in [3.8, 4) is 5.75 Å². The Bertz CT molecular complexity index is 787. The summed E-state index contributed by atoms with van der Waals surface area (Å²) in [5.41, 5.74) is 5.74. The minimum atomic E-state index is -3.54. The van der Waals surface area contributed by atoms with Crippen LogP contribution in [0.25, 0.3) is 0 Å². The Hall–Kier alpha value is -2.29. The molecule has 1 saturated heterocycles. The molecule has 0 aromatic heterocycles. The molecule has 2 aliphatic rings. The van der Waals surface area contributed by atoms with Gasteiger partial charge in [-0.15, -0.1) is 0 Å². The van der Waals surface area contributed by atoms with Gasteiger partial charge in [-0.05, 0) is 25.0 Å². The summed E-state index contributed by atoms with van der Waals surface area (Å²) in [5.74, 6) is -0.474. The Morgan fingerprint density at radius 1 is 1.20 bits per heavy atom. The summed E-state index contributed by atoms with van der Waals surface area (Å²) in [7, 11) is -3.54. The van der Waals surface area contributed by atoms with Crippen molar-refractivity contribution in [2.24, 2.45) is 11.7 Å². The maximum atomic E-state index is 12.8. The van der Waals surface area contributed by atoms with Crippen LogP contribution in [0.5, 0.6) is 5.75 Å². The van der Waals surface area contributed by atoms with E-state index < -0.39 is 16.1 Å². The van der Waals surface area contributed by atoms with Crippen molar-refractivity contribution in [2.75, 3.05) is 30.2 Å². The molecule has 3 rings (SSSR count). The van der Waals surface area contributed by atoms with E-state index in [1.54, 1.807) is 29.2 Å². The highest BCUT2D eigenvalue weighted by Gasteiger charge is 2.38. The lowest BCUT2D eigenvalue weighted by molar-refractivity contribution is -0.141. The van der Waals surface area contributed by atoms with Crippen molar-refractivity contribution >= 4 is 27.5 Å². The van der Waals surface area contributed by atoms with Gasteiger partial charge in [-0.2, -0.15) is 0 Å². The molecule has 25 heavy (non-hydrogen) atoms. The largest absolute Gasteiger partial charge is 0.476 e. The van der Waals surface area contributed by atoms with E-state index in [1.165, 1.54) is 4.31 Å². The highest BCUT2D eigenvalue weighted by atomic mass is 32.2. The van der Waals surface area contributed by atoms with Gasteiger partial charge in [0.25, 0.3) is 5.91 Å². The number of benzene rings is 1. The second kappa shape index (κ2) is 6.55. The zero-order chi connectivity index (χ0) is 18.2. The zero-order valence-corrected chi connectivity index (χ0v) is 14.7. The van der Waals surface area contributed by atoms with Crippen molar-refractivity contribution in [3.63, 3.8) is 0 Å². The number of nitrogens with two attached hydrogens (primary N) is 1. The van der Waals surface area contributed by atoms with Gasteiger partial charge in [-0.25, -0.2) is 8.42 Å². The molecule has 0 bridgehead atoms. The number of hydrogen-bond acceptors (Lipinski definition) is 5. The number of likely N-dealkylation sites (tertiary alicyclic amines) is 1. The number of amides is 2. The van der Waals surface area contributed by atoms with Gasteiger partial charge in [-0.3, -0.25) is 13.9 Å². The predicted molar refractivity (Wildman–Crippen MR) is 91.5 cm³/mol. The van der Waals surface area contributed by atoms with Crippen molar-refractivity contribution in [1.29, 1.82) is 0 Å². The molecule has 9 heteroatoms. The van der Waals surface area contributed by atoms with Gasteiger partial charge in [-0.1, -0.05) is 12.1 Å². The Morgan fingerprint density at radius 3 is 2.44 bits per heavy atom. The van der Waals surface area contributed by atoms with Crippen molar-refractivity contribution in [1.82, 2.24) is 4.90 Å². The quantitative estimate of drug-likeness (QED) is 0.805. The fourth-order valence-corrected chi connectivity index (χ4v) is 4.15. The van der Waals surface area contributed by atoms with Crippen LogP contribution in [0.2, 0.25) is 0 Å². The van der Waals surface area contributed by atoms with Crippen LogP contribution in [0.4, 0.5) is 5.69 Å². The number of nitrogens with zero attached hydrogens (tertiary/aromatic N) is 2. The standard InChI is InChI=1S/C16H21N3O5S/c1-25(22,23)19-10-14(24-13-5-3-2-4-12(13)19)16(21)18-8-6-11(7-9-18)15(17)20/h2-5,11,14H,6-10H2,1H3,(H2,17,20). The van der Waals surface area contributed by atoms with Crippen LogP contribution < -0.4 is 14.8 Å². The van der Waals surface area contributed by atoms with Gasteiger partial charge in [0.15, 0.2) is 6.10 Å². The van der Waals surface area contributed by atoms with Crippen LogP contribution in [-0.4, -0.2) is 57.1 Å². The number of carbonyl (C=O) groups is 2. The summed E-state index contributed by atoms with van der Waals surface area (Å²) in [4.78, 5) is 25.6. The summed E-state index contributed by atoms with van der Waals surface area (Å²) in [6.45, 7) is 0.754. The number of rotatable bonds is 3. The van der Waals surface area contributed by atoms with E-state index in [0.29, 0.717) is 37.4 Å². The van der Waals surface area contributed by atoms with Gasteiger partial charge >= 0.3 is 0 Å². The Labute approximate surface area is 146 Å². The monoisotopic (exact) mass is 367 g/mol. The molecule has 1 atom stereocenters. The van der Waals surface area contributed by atoms with Crippen LogP contribution in [0.15, 0.2) is 24.3 Å². The fourth-order valence-electron chi connectivity index (χ4n) is 3.23. The number of anilines is 1. The highest BCUT2D eigenvalue weighted by molar-refractivity contribution is 7.92. The summed E-state index contributed by atoms with van der Waals surface area (Å²) in [6.07, 6.45) is 1.23. The zero-order valence-electron chi connectivity index (χ0n) is 13.9. The molecule has 2 aliphatic heterocycles. The molecule has 2 amide bonds. The first-order valence-corrected chi connectivity index (χ1v) is 9.93. The molecule has 1 aromatic rings. The van der Waals surface area contributed by atoms with Gasteiger partial charge in [0.2, 0.25) is 15.9 Å².